The first-order chi connectivity index (χ1) is 9.47. The van der Waals surface area contributed by atoms with Crippen LogP contribution in [0.1, 0.15) is 40.8 Å². The molecule has 0 aromatic heterocycles. The highest BCUT2D eigenvalue weighted by atomic mass is 19.1. The molecule has 2 rings (SSSR count). The Kier molecular flexibility index (Phi) is 4.56. The Morgan fingerprint density at radius 3 is 2.30 bits per heavy atom. The van der Waals surface area contributed by atoms with Crippen LogP contribution < -0.4 is 5.32 Å². The van der Waals surface area contributed by atoms with Crippen LogP contribution in [0.15, 0.2) is 36.4 Å². The maximum absolute atomic E-state index is 13.2. The Hall–Kier alpha value is -1.67. The molecule has 106 valence electrons. The fourth-order valence-electron chi connectivity index (χ4n) is 2.64. The first-order valence-electron chi connectivity index (χ1n) is 7.03. The summed E-state index contributed by atoms with van der Waals surface area (Å²) in [5.74, 6) is -0.182. The summed E-state index contributed by atoms with van der Waals surface area (Å²) in [6, 6.07) is 11.3. The van der Waals surface area contributed by atoms with E-state index in [4.69, 9.17) is 0 Å². The Balaban J connectivity index is 2.09. The van der Waals surface area contributed by atoms with Crippen LogP contribution in [0.5, 0.6) is 0 Å². The van der Waals surface area contributed by atoms with Gasteiger partial charge in [0.15, 0.2) is 0 Å². The molecule has 20 heavy (non-hydrogen) atoms. The van der Waals surface area contributed by atoms with E-state index in [9.17, 15) is 4.39 Å². The van der Waals surface area contributed by atoms with Crippen molar-refractivity contribution in [3.05, 3.63) is 70.0 Å². The molecule has 2 aromatic rings. The molecule has 0 aliphatic rings. The van der Waals surface area contributed by atoms with Gasteiger partial charge >= 0.3 is 0 Å². The minimum absolute atomic E-state index is 0.130. The van der Waals surface area contributed by atoms with Gasteiger partial charge in [0, 0.05) is 12.6 Å². The predicted molar refractivity (Wildman–Crippen MR) is 82.3 cm³/mol. The molecule has 0 bridgehead atoms. The average molecular weight is 271 g/mol. The van der Waals surface area contributed by atoms with E-state index in [0.717, 1.165) is 12.1 Å². The van der Waals surface area contributed by atoms with Gasteiger partial charge in [-0.1, -0.05) is 29.8 Å². The van der Waals surface area contributed by atoms with Crippen molar-refractivity contribution in [3.63, 3.8) is 0 Å². The molecule has 2 aromatic carbocycles. The van der Waals surface area contributed by atoms with E-state index in [-0.39, 0.29) is 11.9 Å². The van der Waals surface area contributed by atoms with Crippen molar-refractivity contribution in [2.24, 2.45) is 0 Å². The first-order valence-corrected chi connectivity index (χ1v) is 7.03. The van der Waals surface area contributed by atoms with Crippen LogP contribution in [0.4, 0.5) is 4.39 Å². The monoisotopic (exact) mass is 271 g/mol. The van der Waals surface area contributed by atoms with E-state index in [1.807, 2.05) is 6.07 Å². The minimum Gasteiger partial charge on any atom is -0.306 e. The molecular formula is C18H22FN. The highest BCUT2D eigenvalue weighted by Crippen LogP contribution is 2.19. The molecule has 0 unspecified atom stereocenters. The van der Waals surface area contributed by atoms with E-state index in [2.05, 4.69) is 45.1 Å². The largest absolute Gasteiger partial charge is 0.306 e. The number of halogens is 1. The second-order valence-corrected chi connectivity index (χ2v) is 5.53. The van der Waals surface area contributed by atoms with Crippen LogP contribution in [-0.2, 0) is 6.54 Å². The predicted octanol–water partition coefficient (Wildman–Crippen LogP) is 4.60. The van der Waals surface area contributed by atoms with E-state index in [1.54, 1.807) is 12.1 Å². The van der Waals surface area contributed by atoms with E-state index >= 15 is 0 Å². The van der Waals surface area contributed by atoms with Gasteiger partial charge < -0.3 is 5.32 Å². The molecule has 0 heterocycles. The highest BCUT2D eigenvalue weighted by molar-refractivity contribution is 5.37. The SMILES string of the molecule is Cc1cc(C)c(CN[C@H](C)c2cccc(F)c2)c(C)c1. The maximum Gasteiger partial charge on any atom is 0.123 e. The zero-order valence-electron chi connectivity index (χ0n) is 12.6. The maximum atomic E-state index is 13.2. The summed E-state index contributed by atoms with van der Waals surface area (Å²) < 4.78 is 13.2. The molecule has 1 nitrogen and oxygen atoms in total. The zero-order valence-corrected chi connectivity index (χ0v) is 12.6. The van der Waals surface area contributed by atoms with Gasteiger partial charge in [-0.2, -0.15) is 0 Å². The molecule has 0 saturated heterocycles. The summed E-state index contributed by atoms with van der Waals surface area (Å²) >= 11 is 0. The highest BCUT2D eigenvalue weighted by Gasteiger charge is 2.08. The van der Waals surface area contributed by atoms with Crippen molar-refractivity contribution in [3.8, 4) is 0 Å². The molecule has 2 heteroatoms. The average Bonchev–Trinajstić information content (AvgIpc) is 2.37. The van der Waals surface area contributed by atoms with E-state index in [0.29, 0.717) is 0 Å². The van der Waals surface area contributed by atoms with Gasteiger partial charge in [-0.15, -0.1) is 0 Å². The molecule has 1 atom stereocenters. The van der Waals surface area contributed by atoms with Crippen LogP contribution in [0, 0.1) is 26.6 Å². The van der Waals surface area contributed by atoms with Gasteiger partial charge in [0.2, 0.25) is 0 Å². The first kappa shape index (κ1) is 14.7. The molecule has 0 aliphatic heterocycles. The fraction of sp³-hybridized carbons (Fsp3) is 0.333. The lowest BCUT2D eigenvalue weighted by atomic mass is 9.99. The van der Waals surface area contributed by atoms with Gasteiger partial charge in [-0.05, 0) is 62.1 Å². The van der Waals surface area contributed by atoms with Gasteiger partial charge in [-0.25, -0.2) is 4.39 Å². The van der Waals surface area contributed by atoms with Gasteiger partial charge in [0.1, 0.15) is 5.82 Å². The van der Waals surface area contributed by atoms with Crippen molar-refractivity contribution in [1.82, 2.24) is 5.32 Å². The van der Waals surface area contributed by atoms with Crippen LogP contribution in [0.25, 0.3) is 0 Å². The normalized spacial score (nSPS) is 12.4. The lowest BCUT2D eigenvalue weighted by Gasteiger charge is -2.17. The lowest BCUT2D eigenvalue weighted by Crippen LogP contribution is -2.19. The molecule has 0 saturated carbocycles. The van der Waals surface area contributed by atoms with Crippen molar-refractivity contribution < 1.29 is 4.39 Å². The van der Waals surface area contributed by atoms with E-state index < -0.39 is 0 Å². The molecule has 0 aliphatic carbocycles. The van der Waals surface area contributed by atoms with Crippen molar-refractivity contribution in [2.75, 3.05) is 0 Å². The van der Waals surface area contributed by atoms with E-state index in [1.165, 1.54) is 28.3 Å². The molecule has 0 fully saturated rings. The standard InChI is InChI=1S/C18H22FN/c1-12-8-13(2)18(14(3)9-12)11-20-15(4)16-6-5-7-17(19)10-16/h5-10,15,20H,11H2,1-4H3/t15-/m1/s1. The van der Waals surface area contributed by atoms with Crippen molar-refractivity contribution in [2.45, 2.75) is 40.3 Å². The number of benzene rings is 2. The third-order valence-corrected chi connectivity index (χ3v) is 3.77. The molecular weight excluding hydrogens is 249 g/mol. The second kappa shape index (κ2) is 6.19. The number of aryl methyl sites for hydroxylation is 3. The molecule has 0 spiro atoms. The van der Waals surface area contributed by atoms with Crippen LogP contribution in [0.3, 0.4) is 0 Å². The summed E-state index contributed by atoms with van der Waals surface area (Å²) in [5, 5.41) is 3.48. The third kappa shape index (κ3) is 3.45. The number of nitrogens with one attached hydrogen (secondary N) is 1. The van der Waals surface area contributed by atoms with Crippen molar-refractivity contribution >= 4 is 0 Å². The Morgan fingerprint density at radius 1 is 1.05 bits per heavy atom. The van der Waals surface area contributed by atoms with Gasteiger partial charge in [0.05, 0.1) is 0 Å². The van der Waals surface area contributed by atoms with Crippen LogP contribution >= 0.6 is 0 Å². The Morgan fingerprint density at radius 2 is 1.70 bits per heavy atom. The van der Waals surface area contributed by atoms with Crippen LogP contribution in [0.2, 0.25) is 0 Å². The summed E-state index contributed by atoms with van der Waals surface area (Å²) in [5.41, 5.74) is 6.22. The number of rotatable bonds is 4. The van der Waals surface area contributed by atoms with Gasteiger partial charge in [0.25, 0.3) is 0 Å². The second-order valence-electron chi connectivity index (χ2n) is 5.53. The van der Waals surface area contributed by atoms with Gasteiger partial charge in [-0.3, -0.25) is 0 Å². The number of hydrogen-bond acceptors (Lipinski definition) is 1. The summed E-state index contributed by atoms with van der Waals surface area (Å²) in [6.45, 7) is 9.27. The summed E-state index contributed by atoms with van der Waals surface area (Å²) in [7, 11) is 0. The summed E-state index contributed by atoms with van der Waals surface area (Å²) in [6.07, 6.45) is 0. The van der Waals surface area contributed by atoms with Crippen molar-refractivity contribution in [1.29, 1.82) is 0 Å². The van der Waals surface area contributed by atoms with Crippen LogP contribution in [-0.4, -0.2) is 0 Å². The zero-order chi connectivity index (χ0) is 14.7. The molecule has 0 radical (unpaired) electrons. The Labute approximate surface area is 120 Å². The summed E-state index contributed by atoms with van der Waals surface area (Å²) in [4.78, 5) is 0. The minimum atomic E-state index is -0.182. The Bertz CT molecular complexity index is 581. The topological polar surface area (TPSA) is 12.0 Å². The molecule has 0 amide bonds. The number of hydrogen-bond donors (Lipinski definition) is 1. The quantitative estimate of drug-likeness (QED) is 0.856. The lowest BCUT2D eigenvalue weighted by molar-refractivity contribution is 0.563. The molecule has 1 N–H and O–H groups in total. The smallest absolute Gasteiger partial charge is 0.123 e. The fourth-order valence-corrected chi connectivity index (χ4v) is 2.64. The third-order valence-electron chi connectivity index (χ3n) is 3.77.